The van der Waals surface area contributed by atoms with Crippen LogP contribution in [0.3, 0.4) is 0 Å². The van der Waals surface area contributed by atoms with Crippen LogP contribution in [0.5, 0.6) is 0 Å². The molecule has 1 saturated heterocycles. The molecule has 1 fully saturated rings. The average molecular weight is 489 g/mol. The number of anilines is 1. The molecule has 2 aromatic carbocycles. The molecule has 0 bridgehead atoms. The molecule has 32 heavy (non-hydrogen) atoms. The van der Waals surface area contributed by atoms with Gasteiger partial charge in [0.2, 0.25) is 15.9 Å². The second kappa shape index (κ2) is 8.32. The third-order valence-electron chi connectivity index (χ3n) is 5.17. The van der Waals surface area contributed by atoms with Crippen LogP contribution in [-0.4, -0.2) is 41.2 Å². The first-order valence-corrected chi connectivity index (χ1v) is 13.0. The quantitative estimate of drug-likeness (QED) is 0.451. The van der Waals surface area contributed by atoms with Crippen molar-refractivity contribution in [3.05, 3.63) is 59.7 Å². The molecular weight excluding hydrogens is 471 g/mol. The Balaban J connectivity index is 1.34. The minimum atomic E-state index is -3.91. The van der Waals surface area contributed by atoms with Gasteiger partial charge in [-0.25, -0.2) is 22.8 Å². The number of rotatable bonds is 5. The number of fused-ring (bicyclic) bond motifs is 1. The van der Waals surface area contributed by atoms with Crippen molar-refractivity contribution in [2.24, 2.45) is 0 Å². The van der Waals surface area contributed by atoms with Gasteiger partial charge in [0.25, 0.3) is 0 Å². The van der Waals surface area contributed by atoms with Gasteiger partial charge >= 0.3 is 0 Å². The standard InChI is InChI=1S/C21H17FN4O3S3/c22-13-7-9-14(10-8-13)32(28,29)26-11-3-5-17(26)19(27)25-21-24-16(12-30-21)20-23-15-4-1-2-6-18(15)31-20/h1-2,4,6-10,12,17H,3,5,11H2,(H,24,25,27). The summed E-state index contributed by atoms with van der Waals surface area (Å²) in [7, 11) is -3.91. The van der Waals surface area contributed by atoms with Crippen molar-refractivity contribution in [2.75, 3.05) is 11.9 Å². The summed E-state index contributed by atoms with van der Waals surface area (Å²) in [5, 5.41) is 5.70. The number of benzene rings is 2. The van der Waals surface area contributed by atoms with Crippen molar-refractivity contribution in [1.82, 2.24) is 14.3 Å². The van der Waals surface area contributed by atoms with Crippen molar-refractivity contribution < 1.29 is 17.6 Å². The fourth-order valence-electron chi connectivity index (χ4n) is 3.63. The van der Waals surface area contributed by atoms with E-state index in [1.54, 1.807) is 0 Å². The van der Waals surface area contributed by atoms with Gasteiger partial charge in [0, 0.05) is 11.9 Å². The minimum Gasteiger partial charge on any atom is -0.301 e. The number of carbonyl (C=O) groups excluding carboxylic acids is 1. The molecule has 4 aromatic rings. The zero-order chi connectivity index (χ0) is 22.3. The predicted octanol–water partition coefficient (Wildman–Crippen LogP) is 4.35. The highest BCUT2D eigenvalue weighted by Crippen LogP contribution is 2.33. The highest BCUT2D eigenvalue weighted by molar-refractivity contribution is 7.89. The number of hydrogen-bond acceptors (Lipinski definition) is 7. The van der Waals surface area contributed by atoms with Gasteiger partial charge in [0.15, 0.2) is 5.13 Å². The molecule has 3 heterocycles. The molecule has 2 aromatic heterocycles. The predicted molar refractivity (Wildman–Crippen MR) is 123 cm³/mol. The van der Waals surface area contributed by atoms with Crippen molar-refractivity contribution in [2.45, 2.75) is 23.8 Å². The molecular formula is C21H17FN4O3S3. The maximum absolute atomic E-state index is 13.2. The third-order valence-corrected chi connectivity index (χ3v) is 8.91. The van der Waals surface area contributed by atoms with Crippen LogP contribution in [-0.2, 0) is 14.8 Å². The van der Waals surface area contributed by atoms with Crippen LogP contribution in [0.2, 0.25) is 0 Å². The molecule has 1 unspecified atom stereocenters. The van der Waals surface area contributed by atoms with Gasteiger partial charge in [-0.1, -0.05) is 12.1 Å². The first-order chi connectivity index (χ1) is 15.4. The Morgan fingerprint density at radius 3 is 2.69 bits per heavy atom. The van der Waals surface area contributed by atoms with Gasteiger partial charge < -0.3 is 5.32 Å². The number of amides is 1. The van der Waals surface area contributed by atoms with Crippen LogP contribution in [0.25, 0.3) is 20.9 Å². The Hall–Kier alpha value is -2.73. The van der Waals surface area contributed by atoms with Crippen molar-refractivity contribution in [1.29, 1.82) is 0 Å². The molecule has 11 heteroatoms. The normalized spacial score (nSPS) is 17.1. The number of aromatic nitrogens is 2. The number of sulfonamides is 1. The molecule has 0 spiro atoms. The molecule has 164 valence electrons. The smallest absolute Gasteiger partial charge is 0.244 e. The van der Waals surface area contributed by atoms with Crippen LogP contribution in [0.4, 0.5) is 9.52 Å². The van der Waals surface area contributed by atoms with Gasteiger partial charge in [-0.3, -0.25) is 4.79 Å². The third kappa shape index (κ3) is 3.92. The van der Waals surface area contributed by atoms with E-state index in [9.17, 15) is 17.6 Å². The van der Waals surface area contributed by atoms with E-state index in [-0.39, 0.29) is 11.4 Å². The SMILES string of the molecule is O=C(Nc1nc(-c2nc3ccccc3s2)cs1)C1CCCN1S(=O)(=O)c1ccc(F)cc1. The van der Waals surface area contributed by atoms with Gasteiger partial charge in [-0.05, 0) is 49.2 Å². The lowest BCUT2D eigenvalue weighted by atomic mass is 10.2. The van der Waals surface area contributed by atoms with Crippen molar-refractivity contribution in [3.63, 3.8) is 0 Å². The lowest BCUT2D eigenvalue weighted by Crippen LogP contribution is -2.43. The van der Waals surface area contributed by atoms with Crippen LogP contribution >= 0.6 is 22.7 Å². The Kier molecular flexibility index (Phi) is 5.49. The zero-order valence-corrected chi connectivity index (χ0v) is 19.0. The summed E-state index contributed by atoms with van der Waals surface area (Å²) in [5.41, 5.74) is 1.55. The molecule has 1 aliphatic rings. The Morgan fingerprint density at radius 1 is 1.12 bits per heavy atom. The Bertz CT molecular complexity index is 1370. The monoisotopic (exact) mass is 488 g/mol. The molecule has 0 saturated carbocycles. The lowest BCUT2D eigenvalue weighted by molar-refractivity contribution is -0.119. The Morgan fingerprint density at radius 2 is 1.91 bits per heavy atom. The summed E-state index contributed by atoms with van der Waals surface area (Å²) in [6, 6.07) is 11.6. The van der Waals surface area contributed by atoms with E-state index in [0.717, 1.165) is 27.4 Å². The van der Waals surface area contributed by atoms with Gasteiger partial charge in [0.1, 0.15) is 22.6 Å². The summed E-state index contributed by atoms with van der Waals surface area (Å²) in [6.45, 7) is 0.229. The second-order valence-electron chi connectivity index (χ2n) is 7.24. The van der Waals surface area contributed by atoms with E-state index in [1.807, 2.05) is 29.6 Å². The van der Waals surface area contributed by atoms with E-state index in [0.29, 0.717) is 23.7 Å². The molecule has 0 aliphatic carbocycles. The number of hydrogen-bond donors (Lipinski definition) is 1. The van der Waals surface area contributed by atoms with Crippen LogP contribution < -0.4 is 5.32 Å². The number of nitrogens with zero attached hydrogens (tertiary/aromatic N) is 3. The molecule has 1 atom stereocenters. The Labute approximate surface area is 191 Å². The van der Waals surface area contributed by atoms with E-state index in [1.165, 1.54) is 39.1 Å². The van der Waals surface area contributed by atoms with Gasteiger partial charge in [0.05, 0.1) is 15.1 Å². The topological polar surface area (TPSA) is 92.3 Å². The first kappa shape index (κ1) is 21.1. The maximum Gasteiger partial charge on any atom is 0.244 e. The number of nitrogens with one attached hydrogen (secondary N) is 1. The molecule has 1 aliphatic heterocycles. The summed E-state index contributed by atoms with van der Waals surface area (Å²) in [4.78, 5) is 21.9. The van der Waals surface area contributed by atoms with Gasteiger partial charge in [-0.2, -0.15) is 4.31 Å². The minimum absolute atomic E-state index is 0.0361. The fourth-order valence-corrected chi connectivity index (χ4v) is 6.99. The number of halogens is 1. The van der Waals surface area contributed by atoms with E-state index >= 15 is 0 Å². The largest absolute Gasteiger partial charge is 0.301 e. The van der Waals surface area contributed by atoms with E-state index < -0.39 is 27.8 Å². The fraction of sp³-hybridized carbons (Fsp3) is 0.190. The van der Waals surface area contributed by atoms with E-state index in [2.05, 4.69) is 15.3 Å². The molecule has 1 amide bonds. The van der Waals surface area contributed by atoms with Crippen molar-refractivity contribution in [3.8, 4) is 10.7 Å². The van der Waals surface area contributed by atoms with Gasteiger partial charge in [-0.15, -0.1) is 22.7 Å². The summed E-state index contributed by atoms with van der Waals surface area (Å²) < 4.78 is 41.4. The molecule has 5 rings (SSSR count). The zero-order valence-electron chi connectivity index (χ0n) is 16.6. The number of carbonyl (C=O) groups is 1. The number of thiazole rings is 2. The van der Waals surface area contributed by atoms with Crippen LogP contribution in [0.15, 0.2) is 58.8 Å². The van der Waals surface area contributed by atoms with Crippen LogP contribution in [0.1, 0.15) is 12.8 Å². The average Bonchev–Trinajstić information content (AvgIpc) is 3.52. The molecule has 1 N–H and O–H groups in total. The van der Waals surface area contributed by atoms with Crippen molar-refractivity contribution >= 4 is 54.0 Å². The summed E-state index contributed by atoms with van der Waals surface area (Å²) >= 11 is 2.78. The summed E-state index contributed by atoms with van der Waals surface area (Å²) in [6.07, 6.45) is 0.968. The second-order valence-corrected chi connectivity index (χ2v) is 11.0. The molecule has 0 radical (unpaired) electrons. The van der Waals surface area contributed by atoms with Crippen LogP contribution in [0, 0.1) is 5.82 Å². The summed E-state index contributed by atoms with van der Waals surface area (Å²) in [5.74, 6) is -0.953. The molecule has 7 nitrogen and oxygen atoms in total. The lowest BCUT2D eigenvalue weighted by Gasteiger charge is -2.23. The highest BCUT2D eigenvalue weighted by Gasteiger charge is 2.39. The highest BCUT2D eigenvalue weighted by atomic mass is 32.2. The maximum atomic E-state index is 13.2. The van der Waals surface area contributed by atoms with E-state index in [4.69, 9.17) is 0 Å². The first-order valence-electron chi connectivity index (χ1n) is 9.81. The number of para-hydroxylation sites is 1.